The minimum atomic E-state index is -3.46. The lowest BCUT2D eigenvalue weighted by Crippen LogP contribution is -1.98. The minimum absolute atomic E-state index is 0.0847. The van der Waals surface area contributed by atoms with Crippen LogP contribution < -0.4 is 10.1 Å². The molecular weight excluding hydrogens is 297 g/mol. The molecule has 0 saturated carbocycles. The van der Waals surface area contributed by atoms with Gasteiger partial charge in [-0.05, 0) is 42.5 Å². The molecule has 1 amide bonds. The Morgan fingerprint density at radius 1 is 1.14 bits per heavy atom. The van der Waals surface area contributed by atoms with Crippen molar-refractivity contribution < 1.29 is 22.3 Å². The zero-order valence-corrected chi connectivity index (χ0v) is 11.9. The van der Waals surface area contributed by atoms with Crippen molar-refractivity contribution in [1.29, 1.82) is 0 Å². The number of sulfone groups is 1. The number of carbonyl (C=O) groups is 1. The van der Waals surface area contributed by atoms with Crippen LogP contribution in [0.25, 0.3) is 0 Å². The highest BCUT2D eigenvalue weighted by atomic mass is 32.2. The van der Waals surface area contributed by atoms with Crippen LogP contribution in [0.4, 0.5) is 10.1 Å². The zero-order chi connectivity index (χ0) is 15.5. The van der Waals surface area contributed by atoms with Crippen molar-refractivity contribution in [3.05, 3.63) is 48.3 Å². The van der Waals surface area contributed by atoms with Crippen LogP contribution >= 0.6 is 0 Å². The molecule has 0 bridgehead atoms. The Labute approximate surface area is 121 Å². The zero-order valence-electron chi connectivity index (χ0n) is 11.0. The summed E-state index contributed by atoms with van der Waals surface area (Å²) in [6, 6.07) is 9.72. The molecule has 0 heterocycles. The third-order valence-electron chi connectivity index (χ3n) is 2.64. The van der Waals surface area contributed by atoms with Crippen molar-refractivity contribution in [3.8, 4) is 11.5 Å². The van der Waals surface area contributed by atoms with Gasteiger partial charge in [0.15, 0.2) is 21.4 Å². The van der Waals surface area contributed by atoms with Crippen LogP contribution in [0.2, 0.25) is 0 Å². The summed E-state index contributed by atoms with van der Waals surface area (Å²) in [5.74, 6) is -0.496. The lowest BCUT2D eigenvalue weighted by atomic mass is 10.3. The van der Waals surface area contributed by atoms with Gasteiger partial charge in [-0.15, -0.1) is 0 Å². The Kier molecular flexibility index (Phi) is 4.23. The molecule has 1 N–H and O–H groups in total. The Morgan fingerprint density at radius 3 is 2.33 bits per heavy atom. The molecular formula is C14H12FNO4S. The van der Waals surface area contributed by atoms with Crippen LogP contribution in [0.3, 0.4) is 0 Å². The van der Waals surface area contributed by atoms with Crippen molar-refractivity contribution in [2.24, 2.45) is 0 Å². The summed E-state index contributed by atoms with van der Waals surface area (Å²) < 4.78 is 41.8. The van der Waals surface area contributed by atoms with Gasteiger partial charge in [-0.2, -0.15) is 0 Å². The first kappa shape index (κ1) is 15.0. The van der Waals surface area contributed by atoms with Gasteiger partial charge >= 0.3 is 0 Å². The van der Waals surface area contributed by atoms with E-state index in [4.69, 9.17) is 4.74 Å². The van der Waals surface area contributed by atoms with Crippen LogP contribution in [0.15, 0.2) is 47.4 Å². The van der Waals surface area contributed by atoms with Gasteiger partial charge in [0.2, 0.25) is 6.41 Å². The number of hydrogen-bond donors (Lipinski definition) is 1. The fourth-order valence-electron chi connectivity index (χ4n) is 1.61. The number of carbonyl (C=O) groups excluding carboxylic acids is 1. The summed E-state index contributed by atoms with van der Waals surface area (Å²) >= 11 is 0. The topological polar surface area (TPSA) is 72.5 Å². The SMILES string of the molecule is CS(=O)(=O)c1ccc(Oc2ccc(NC=O)cc2)c(F)c1. The lowest BCUT2D eigenvalue weighted by molar-refractivity contribution is -0.105. The van der Waals surface area contributed by atoms with E-state index >= 15 is 0 Å². The first-order chi connectivity index (χ1) is 9.90. The Balaban J connectivity index is 2.21. The first-order valence-electron chi connectivity index (χ1n) is 5.88. The number of anilines is 1. The molecule has 0 aliphatic heterocycles. The molecule has 0 saturated heterocycles. The molecule has 0 aliphatic rings. The van der Waals surface area contributed by atoms with Crippen LogP contribution in [0.5, 0.6) is 11.5 Å². The van der Waals surface area contributed by atoms with Crippen LogP contribution in [-0.4, -0.2) is 21.1 Å². The normalized spacial score (nSPS) is 11.0. The average Bonchev–Trinajstić information content (AvgIpc) is 2.42. The first-order valence-corrected chi connectivity index (χ1v) is 7.77. The van der Waals surface area contributed by atoms with Crippen LogP contribution in [0, 0.1) is 5.82 Å². The number of nitrogens with one attached hydrogen (secondary N) is 1. The van der Waals surface area contributed by atoms with Crippen molar-refractivity contribution in [1.82, 2.24) is 0 Å². The number of hydrogen-bond acceptors (Lipinski definition) is 4. The molecule has 2 aromatic carbocycles. The smallest absolute Gasteiger partial charge is 0.211 e. The van der Waals surface area contributed by atoms with Gasteiger partial charge in [-0.1, -0.05) is 0 Å². The van der Waals surface area contributed by atoms with Crippen molar-refractivity contribution in [2.75, 3.05) is 11.6 Å². The summed E-state index contributed by atoms with van der Waals surface area (Å²) in [6.07, 6.45) is 1.54. The number of ether oxygens (including phenoxy) is 1. The molecule has 2 rings (SSSR count). The van der Waals surface area contributed by atoms with Crippen molar-refractivity contribution in [3.63, 3.8) is 0 Å². The van der Waals surface area contributed by atoms with E-state index in [0.29, 0.717) is 17.8 Å². The Morgan fingerprint density at radius 2 is 1.81 bits per heavy atom. The second-order valence-corrected chi connectivity index (χ2v) is 6.27. The van der Waals surface area contributed by atoms with Gasteiger partial charge < -0.3 is 10.1 Å². The third kappa shape index (κ3) is 3.79. The molecule has 0 atom stereocenters. The van der Waals surface area contributed by atoms with E-state index in [-0.39, 0.29) is 10.6 Å². The molecule has 0 fully saturated rings. The Hall–Kier alpha value is -2.41. The third-order valence-corrected chi connectivity index (χ3v) is 3.75. The van der Waals surface area contributed by atoms with Gasteiger partial charge in [0.1, 0.15) is 5.75 Å². The lowest BCUT2D eigenvalue weighted by Gasteiger charge is -2.08. The summed E-state index contributed by atoms with van der Waals surface area (Å²) in [6.45, 7) is 0. The molecule has 21 heavy (non-hydrogen) atoms. The molecule has 0 aromatic heterocycles. The highest BCUT2D eigenvalue weighted by molar-refractivity contribution is 7.90. The minimum Gasteiger partial charge on any atom is -0.454 e. The maximum atomic E-state index is 13.8. The monoisotopic (exact) mass is 309 g/mol. The quantitative estimate of drug-likeness (QED) is 0.862. The van der Waals surface area contributed by atoms with Gasteiger partial charge in [-0.3, -0.25) is 4.79 Å². The van der Waals surface area contributed by atoms with Gasteiger partial charge in [0.05, 0.1) is 4.90 Å². The summed E-state index contributed by atoms with van der Waals surface area (Å²) in [5, 5.41) is 2.46. The Bertz CT molecular complexity index is 757. The van der Waals surface area contributed by atoms with E-state index in [1.807, 2.05) is 0 Å². The van der Waals surface area contributed by atoms with Crippen LogP contribution in [-0.2, 0) is 14.6 Å². The standard InChI is InChI=1S/C14H12FNO4S/c1-21(18,19)12-6-7-14(13(15)8-12)20-11-4-2-10(3-5-11)16-9-17/h2-9H,1H3,(H,16,17). The van der Waals surface area contributed by atoms with E-state index < -0.39 is 15.7 Å². The maximum Gasteiger partial charge on any atom is 0.211 e. The predicted octanol–water partition coefficient (Wildman–Crippen LogP) is 2.59. The summed E-state index contributed by atoms with van der Waals surface area (Å²) in [4.78, 5) is 10.2. The fourth-order valence-corrected chi connectivity index (χ4v) is 2.24. The second-order valence-electron chi connectivity index (χ2n) is 4.25. The summed E-state index contributed by atoms with van der Waals surface area (Å²) in [7, 11) is -3.46. The highest BCUT2D eigenvalue weighted by Gasteiger charge is 2.12. The van der Waals surface area contributed by atoms with Gasteiger partial charge in [-0.25, -0.2) is 12.8 Å². The van der Waals surface area contributed by atoms with E-state index in [0.717, 1.165) is 12.3 Å². The number of rotatable bonds is 5. The van der Waals surface area contributed by atoms with E-state index in [9.17, 15) is 17.6 Å². The number of halogens is 1. The van der Waals surface area contributed by atoms with Crippen molar-refractivity contribution in [2.45, 2.75) is 4.90 Å². The molecule has 2 aromatic rings. The molecule has 0 spiro atoms. The van der Waals surface area contributed by atoms with Crippen LogP contribution in [0.1, 0.15) is 0 Å². The molecule has 110 valence electrons. The molecule has 5 nitrogen and oxygen atoms in total. The summed E-state index contributed by atoms with van der Waals surface area (Å²) in [5.41, 5.74) is 0.574. The maximum absolute atomic E-state index is 13.8. The molecule has 0 aliphatic carbocycles. The average molecular weight is 309 g/mol. The second kappa shape index (κ2) is 5.92. The number of benzene rings is 2. The molecule has 0 unspecified atom stereocenters. The van der Waals surface area contributed by atoms with E-state index in [2.05, 4.69) is 5.32 Å². The van der Waals surface area contributed by atoms with E-state index in [1.165, 1.54) is 12.1 Å². The van der Waals surface area contributed by atoms with E-state index in [1.54, 1.807) is 24.3 Å². The molecule has 7 heteroatoms. The molecule has 0 radical (unpaired) electrons. The largest absolute Gasteiger partial charge is 0.454 e. The highest BCUT2D eigenvalue weighted by Crippen LogP contribution is 2.27. The number of amides is 1. The van der Waals surface area contributed by atoms with Gasteiger partial charge in [0, 0.05) is 11.9 Å². The fraction of sp³-hybridized carbons (Fsp3) is 0.0714. The van der Waals surface area contributed by atoms with Crippen molar-refractivity contribution >= 4 is 21.9 Å². The van der Waals surface area contributed by atoms with Gasteiger partial charge in [0.25, 0.3) is 0 Å². The predicted molar refractivity (Wildman–Crippen MR) is 75.7 cm³/mol.